The zero-order valence-electron chi connectivity index (χ0n) is 11.3. The molecule has 1 rings (SSSR count). The van der Waals surface area contributed by atoms with Crippen molar-refractivity contribution in [1.82, 2.24) is 5.32 Å². The minimum absolute atomic E-state index is 0.124. The average molecular weight is 249 g/mol. The molecule has 0 amide bonds. The van der Waals surface area contributed by atoms with E-state index in [0.717, 1.165) is 17.7 Å². The van der Waals surface area contributed by atoms with E-state index >= 15 is 0 Å². The molecule has 0 spiro atoms. The van der Waals surface area contributed by atoms with E-state index in [1.54, 1.807) is 6.08 Å². The summed E-state index contributed by atoms with van der Waals surface area (Å²) in [5.41, 5.74) is 0.846. The number of nitrogens with one attached hydrogen (secondary N) is 1. The number of aliphatic hydroxyl groups excluding tert-OH is 1. The fraction of sp³-hybridized carbons (Fsp3) is 0.467. The van der Waals surface area contributed by atoms with Crippen LogP contribution < -0.4 is 10.1 Å². The second kappa shape index (κ2) is 7.19. The van der Waals surface area contributed by atoms with E-state index in [1.807, 2.05) is 31.2 Å². The molecule has 1 atom stereocenters. The van der Waals surface area contributed by atoms with Gasteiger partial charge in [-0.05, 0) is 19.4 Å². The Morgan fingerprint density at radius 2 is 2.17 bits per heavy atom. The molecule has 0 aromatic heterocycles. The first-order valence-corrected chi connectivity index (χ1v) is 6.32. The third-order valence-corrected chi connectivity index (χ3v) is 3.16. The molecule has 0 heterocycles. The van der Waals surface area contributed by atoms with E-state index in [1.165, 1.54) is 0 Å². The topological polar surface area (TPSA) is 41.5 Å². The van der Waals surface area contributed by atoms with Crippen molar-refractivity contribution < 1.29 is 9.84 Å². The highest BCUT2D eigenvalue weighted by molar-refractivity contribution is 5.33. The van der Waals surface area contributed by atoms with Crippen LogP contribution in [0.3, 0.4) is 0 Å². The molecule has 3 heteroatoms. The number of hydrogen-bond donors (Lipinski definition) is 2. The molecule has 0 aliphatic rings. The largest absolute Gasteiger partial charge is 0.489 e. The highest BCUT2D eigenvalue weighted by atomic mass is 16.5. The fourth-order valence-electron chi connectivity index (χ4n) is 1.54. The molecule has 1 unspecified atom stereocenters. The van der Waals surface area contributed by atoms with E-state index in [-0.39, 0.29) is 12.1 Å². The summed E-state index contributed by atoms with van der Waals surface area (Å²) in [6.07, 6.45) is 2.60. The van der Waals surface area contributed by atoms with Gasteiger partial charge in [0.1, 0.15) is 12.4 Å². The Kier molecular flexibility index (Phi) is 5.89. The summed E-state index contributed by atoms with van der Waals surface area (Å²) in [6.45, 7) is 9.02. The molecule has 18 heavy (non-hydrogen) atoms. The highest BCUT2D eigenvalue weighted by Gasteiger charge is 2.20. The SMILES string of the molecule is C=CCOc1ccccc1CNC(C)(CC)CO. The van der Waals surface area contributed by atoms with Crippen LogP contribution in [0.1, 0.15) is 25.8 Å². The normalized spacial score (nSPS) is 13.9. The molecule has 1 aromatic carbocycles. The second-order valence-corrected chi connectivity index (χ2v) is 4.63. The summed E-state index contributed by atoms with van der Waals surface area (Å²) >= 11 is 0. The molecule has 0 saturated heterocycles. The number of ether oxygens (including phenoxy) is 1. The predicted molar refractivity (Wildman–Crippen MR) is 74.8 cm³/mol. The van der Waals surface area contributed by atoms with Gasteiger partial charge in [-0.3, -0.25) is 0 Å². The zero-order valence-corrected chi connectivity index (χ0v) is 11.3. The van der Waals surface area contributed by atoms with E-state index in [0.29, 0.717) is 13.2 Å². The predicted octanol–water partition coefficient (Wildman–Crippen LogP) is 2.50. The van der Waals surface area contributed by atoms with Crippen molar-refractivity contribution in [2.45, 2.75) is 32.4 Å². The monoisotopic (exact) mass is 249 g/mol. The van der Waals surface area contributed by atoms with Crippen molar-refractivity contribution in [1.29, 1.82) is 0 Å². The van der Waals surface area contributed by atoms with Gasteiger partial charge in [0.2, 0.25) is 0 Å². The maximum atomic E-state index is 9.37. The van der Waals surface area contributed by atoms with E-state index < -0.39 is 0 Å². The molecule has 0 bridgehead atoms. The number of benzene rings is 1. The van der Waals surface area contributed by atoms with Crippen LogP contribution in [-0.4, -0.2) is 23.9 Å². The van der Waals surface area contributed by atoms with E-state index in [4.69, 9.17) is 4.74 Å². The molecule has 0 saturated carbocycles. The molecule has 3 nitrogen and oxygen atoms in total. The maximum Gasteiger partial charge on any atom is 0.124 e. The van der Waals surface area contributed by atoms with Crippen LogP contribution in [0.2, 0.25) is 0 Å². The lowest BCUT2D eigenvalue weighted by atomic mass is 10.00. The van der Waals surface area contributed by atoms with Gasteiger partial charge in [0, 0.05) is 17.6 Å². The smallest absolute Gasteiger partial charge is 0.124 e. The van der Waals surface area contributed by atoms with Crippen molar-refractivity contribution in [2.75, 3.05) is 13.2 Å². The minimum atomic E-state index is -0.244. The molecular formula is C15H23NO2. The molecule has 2 N–H and O–H groups in total. The third-order valence-electron chi connectivity index (χ3n) is 3.16. The van der Waals surface area contributed by atoms with Crippen LogP contribution >= 0.6 is 0 Å². The van der Waals surface area contributed by atoms with Crippen LogP contribution in [0.25, 0.3) is 0 Å². The standard InChI is InChI=1S/C15H23NO2/c1-4-10-18-14-9-7-6-8-13(14)11-16-15(3,5-2)12-17/h4,6-9,16-17H,1,5,10-12H2,2-3H3. The first-order chi connectivity index (χ1) is 8.65. The first-order valence-electron chi connectivity index (χ1n) is 6.32. The van der Waals surface area contributed by atoms with Crippen LogP contribution in [0.15, 0.2) is 36.9 Å². The fourth-order valence-corrected chi connectivity index (χ4v) is 1.54. The Balaban J connectivity index is 2.68. The molecule has 0 aliphatic carbocycles. The summed E-state index contributed by atoms with van der Waals surface area (Å²) in [5.74, 6) is 0.862. The van der Waals surface area contributed by atoms with Gasteiger partial charge in [-0.1, -0.05) is 37.8 Å². The van der Waals surface area contributed by atoms with Gasteiger partial charge in [0.05, 0.1) is 6.61 Å². The quantitative estimate of drug-likeness (QED) is 0.696. The van der Waals surface area contributed by atoms with Crippen molar-refractivity contribution in [2.24, 2.45) is 0 Å². The molecule has 100 valence electrons. The molecule has 0 fully saturated rings. The van der Waals surface area contributed by atoms with E-state index in [2.05, 4.69) is 18.8 Å². The van der Waals surface area contributed by atoms with Gasteiger partial charge in [0.25, 0.3) is 0 Å². The average Bonchev–Trinajstić information content (AvgIpc) is 2.43. The number of para-hydroxylation sites is 1. The Morgan fingerprint density at radius 1 is 1.44 bits per heavy atom. The van der Waals surface area contributed by atoms with Crippen molar-refractivity contribution in [3.8, 4) is 5.75 Å². The summed E-state index contributed by atoms with van der Waals surface area (Å²) < 4.78 is 5.60. The van der Waals surface area contributed by atoms with Gasteiger partial charge < -0.3 is 15.2 Å². The molecular weight excluding hydrogens is 226 g/mol. The zero-order chi connectivity index (χ0) is 13.4. The number of hydrogen-bond acceptors (Lipinski definition) is 3. The highest BCUT2D eigenvalue weighted by Crippen LogP contribution is 2.19. The van der Waals surface area contributed by atoms with Gasteiger partial charge in [-0.25, -0.2) is 0 Å². The summed E-state index contributed by atoms with van der Waals surface area (Å²) in [4.78, 5) is 0. The van der Waals surface area contributed by atoms with Gasteiger partial charge in [-0.15, -0.1) is 0 Å². The van der Waals surface area contributed by atoms with Gasteiger partial charge in [0.15, 0.2) is 0 Å². The molecule has 0 radical (unpaired) electrons. The number of aliphatic hydroxyl groups is 1. The summed E-state index contributed by atoms with van der Waals surface area (Å²) in [5, 5.41) is 12.7. The van der Waals surface area contributed by atoms with Crippen LogP contribution in [-0.2, 0) is 6.54 Å². The van der Waals surface area contributed by atoms with Crippen molar-refractivity contribution in [3.05, 3.63) is 42.5 Å². The third kappa shape index (κ3) is 4.17. The second-order valence-electron chi connectivity index (χ2n) is 4.63. The molecule has 0 aliphatic heterocycles. The van der Waals surface area contributed by atoms with Crippen LogP contribution in [0, 0.1) is 0 Å². The Hall–Kier alpha value is -1.32. The minimum Gasteiger partial charge on any atom is -0.489 e. The Bertz CT molecular complexity index is 373. The van der Waals surface area contributed by atoms with E-state index in [9.17, 15) is 5.11 Å². The van der Waals surface area contributed by atoms with Crippen molar-refractivity contribution >= 4 is 0 Å². The first kappa shape index (κ1) is 14.7. The molecule has 1 aromatic rings. The summed E-state index contributed by atoms with van der Waals surface area (Å²) in [6, 6.07) is 7.91. The maximum absolute atomic E-state index is 9.37. The van der Waals surface area contributed by atoms with Gasteiger partial charge in [-0.2, -0.15) is 0 Å². The Morgan fingerprint density at radius 3 is 2.78 bits per heavy atom. The Labute approximate surface area is 109 Å². The van der Waals surface area contributed by atoms with Crippen molar-refractivity contribution in [3.63, 3.8) is 0 Å². The lowest BCUT2D eigenvalue weighted by Crippen LogP contribution is -2.44. The lowest BCUT2D eigenvalue weighted by Gasteiger charge is -2.27. The number of rotatable bonds is 8. The van der Waals surface area contributed by atoms with Crippen LogP contribution in [0.4, 0.5) is 0 Å². The summed E-state index contributed by atoms with van der Waals surface area (Å²) in [7, 11) is 0. The van der Waals surface area contributed by atoms with Gasteiger partial charge >= 0.3 is 0 Å². The van der Waals surface area contributed by atoms with Crippen LogP contribution in [0.5, 0.6) is 5.75 Å². The lowest BCUT2D eigenvalue weighted by molar-refractivity contribution is 0.168.